The standard InChI is InChI=1S/C19H18BrNO3/c1-14(19(23)21(2)16-9-4-3-5-10-16)24-18(22)13-12-15-8-6-7-11-17(15)20/h3-14H,1-2H3/b13-12+/t14-/m0/s1. The monoisotopic (exact) mass is 387 g/mol. The number of para-hydroxylation sites is 1. The predicted octanol–water partition coefficient (Wildman–Crippen LogP) is 4.06. The van der Waals surface area contributed by atoms with Gasteiger partial charge in [-0.05, 0) is 36.8 Å². The number of carbonyl (C=O) groups excluding carboxylic acids is 2. The number of anilines is 1. The lowest BCUT2D eigenvalue weighted by Crippen LogP contribution is -2.37. The van der Waals surface area contributed by atoms with Gasteiger partial charge in [0.25, 0.3) is 5.91 Å². The lowest BCUT2D eigenvalue weighted by atomic mass is 10.2. The van der Waals surface area contributed by atoms with Crippen molar-refractivity contribution in [2.24, 2.45) is 0 Å². The maximum absolute atomic E-state index is 12.3. The molecule has 0 aliphatic heterocycles. The van der Waals surface area contributed by atoms with E-state index in [0.717, 1.165) is 15.7 Å². The summed E-state index contributed by atoms with van der Waals surface area (Å²) in [6.07, 6.45) is 2.09. The summed E-state index contributed by atoms with van der Waals surface area (Å²) in [6, 6.07) is 16.7. The van der Waals surface area contributed by atoms with Crippen molar-refractivity contribution in [2.45, 2.75) is 13.0 Å². The number of amides is 1. The molecule has 0 saturated carbocycles. The fourth-order valence-corrected chi connectivity index (χ4v) is 2.50. The van der Waals surface area contributed by atoms with Crippen molar-refractivity contribution in [3.05, 3.63) is 70.7 Å². The molecule has 5 heteroatoms. The summed E-state index contributed by atoms with van der Waals surface area (Å²) in [5.74, 6) is -0.850. The molecule has 0 aromatic heterocycles. The van der Waals surface area contributed by atoms with E-state index in [-0.39, 0.29) is 5.91 Å². The summed E-state index contributed by atoms with van der Waals surface area (Å²) in [7, 11) is 1.65. The number of halogens is 1. The van der Waals surface area contributed by atoms with Gasteiger partial charge in [-0.1, -0.05) is 52.3 Å². The Morgan fingerprint density at radius 1 is 1.08 bits per heavy atom. The SMILES string of the molecule is C[C@H](OC(=O)/C=C/c1ccccc1Br)C(=O)N(C)c1ccccc1. The highest BCUT2D eigenvalue weighted by atomic mass is 79.9. The highest BCUT2D eigenvalue weighted by Crippen LogP contribution is 2.17. The number of hydrogen-bond donors (Lipinski definition) is 0. The molecule has 4 nitrogen and oxygen atoms in total. The van der Waals surface area contributed by atoms with E-state index >= 15 is 0 Å². The third-order valence-electron chi connectivity index (χ3n) is 3.42. The van der Waals surface area contributed by atoms with E-state index in [1.807, 2.05) is 54.6 Å². The quantitative estimate of drug-likeness (QED) is 0.573. The van der Waals surface area contributed by atoms with E-state index in [0.29, 0.717) is 0 Å². The number of nitrogens with zero attached hydrogens (tertiary/aromatic N) is 1. The normalized spacial score (nSPS) is 12.0. The zero-order valence-electron chi connectivity index (χ0n) is 13.5. The molecule has 0 fully saturated rings. The molecule has 0 unspecified atom stereocenters. The van der Waals surface area contributed by atoms with E-state index < -0.39 is 12.1 Å². The fraction of sp³-hybridized carbons (Fsp3) is 0.158. The maximum Gasteiger partial charge on any atom is 0.331 e. The van der Waals surface area contributed by atoms with Gasteiger partial charge < -0.3 is 9.64 Å². The minimum absolute atomic E-state index is 0.288. The zero-order valence-corrected chi connectivity index (χ0v) is 15.1. The topological polar surface area (TPSA) is 46.6 Å². The van der Waals surface area contributed by atoms with Gasteiger partial charge in [-0.25, -0.2) is 4.79 Å². The lowest BCUT2D eigenvalue weighted by molar-refractivity contribution is -0.148. The van der Waals surface area contributed by atoms with Crippen molar-refractivity contribution in [1.82, 2.24) is 0 Å². The summed E-state index contributed by atoms with van der Waals surface area (Å²) < 4.78 is 6.06. The smallest absolute Gasteiger partial charge is 0.331 e. The molecular weight excluding hydrogens is 370 g/mol. The molecule has 0 N–H and O–H groups in total. The van der Waals surface area contributed by atoms with Crippen LogP contribution in [0.25, 0.3) is 6.08 Å². The number of benzene rings is 2. The van der Waals surface area contributed by atoms with Crippen LogP contribution in [0.2, 0.25) is 0 Å². The summed E-state index contributed by atoms with van der Waals surface area (Å²) in [5, 5.41) is 0. The largest absolute Gasteiger partial charge is 0.449 e. The zero-order chi connectivity index (χ0) is 17.5. The third kappa shape index (κ3) is 4.80. The summed E-state index contributed by atoms with van der Waals surface area (Å²) in [4.78, 5) is 25.7. The molecule has 1 amide bonds. The van der Waals surface area contributed by atoms with E-state index in [1.165, 1.54) is 11.0 Å². The van der Waals surface area contributed by atoms with Gasteiger partial charge in [-0.3, -0.25) is 4.79 Å². The highest BCUT2D eigenvalue weighted by molar-refractivity contribution is 9.10. The molecule has 24 heavy (non-hydrogen) atoms. The van der Waals surface area contributed by atoms with Gasteiger partial charge in [0.1, 0.15) is 0 Å². The van der Waals surface area contributed by atoms with Crippen molar-refractivity contribution in [2.75, 3.05) is 11.9 Å². The second kappa shape index (κ2) is 8.45. The van der Waals surface area contributed by atoms with Gasteiger partial charge in [0.05, 0.1) is 0 Å². The Bertz CT molecular complexity index is 743. The first-order valence-corrected chi connectivity index (χ1v) is 8.24. The van der Waals surface area contributed by atoms with Crippen molar-refractivity contribution in [1.29, 1.82) is 0 Å². The number of hydrogen-bond acceptors (Lipinski definition) is 3. The number of carbonyl (C=O) groups is 2. The van der Waals surface area contributed by atoms with E-state index in [9.17, 15) is 9.59 Å². The van der Waals surface area contributed by atoms with Crippen LogP contribution in [0.3, 0.4) is 0 Å². The minimum Gasteiger partial charge on any atom is -0.449 e. The molecule has 1 atom stereocenters. The van der Waals surface area contributed by atoms with Crippen molar-refractivity contribution in [3.63, 3.8) is 0 Å². The van der Waals surface area contributed by atoms with E-state index in [2.05, 4.69) is 15.9 Å². The maximum atomic E-state index is 12.3. The van der Waals surface area contributed by atoms with Crippen LogP contribution in [0.1, 0.15) is 12.5 Å². The van der Waals surface area contributed by atoms with E-state index in [1.54, 1.807) is 20.0 Å². The van der Waals surface area contributed by atoms with Gasteiger partial charge >= 0.3 is 5.97 Å². The Morgan fingerprint density at radius 2 is 1.71 bits per heavy atom. The van der Waals surface area contributed by atoms with Crippen LogP contribution in [-0.4, -0.2) is 25.0 Å². The number of esters is 1. The van der Waals surface area contributed by atoms with Crippen molar-refractivity contribution < 1.29 is 14.3 Å². The fourth-order valence-electron chi connectivity index (χ4n) is 2.08. The summed E-state index contributed by atoms with van der Waals surface area (Å²) in [5.41, 5.74) is 1.60. The van der Waals surface area contributed by atoms with Gasteiger partial charge in [-0.2, -0.15) is 0 Å². The molecule has 0 saturated heterocycles. The summed E-state index contributed by atoms with van der Waals surface area (Å²) in [6.45, 7) is 1.56. The van der Waals surface area contributed by atoms with Crippen LogP contribution < -0.4 is 4.90 Å². The van der Waals surface area contributed by atoms with Crippen LogP contribution in [-0.2, 0) is 14.3 Å². The Hall–Kier alpha value is -2.40. The minimum atomic E-state index is -0.869. The van der Waals surface area contributed by atoms with Gasteiger partial charge in [0.15, 0.2) is 6.10 Å². The van der Waals surface area contributed by atoms with Crippen LogP contribution >= 0.6 is 15.9 Å². The average molecular weight is 388 g/mol. The Morgan fingerprint density at radius 3 is 2.38 bits per heavy atom. The molecule has 0 bridgehead atoms. The number of likely N-dealkylation sites (N-methyl/N-ethyl adjacent to an activating group) is 1. The molecule has 0 radical (unpaired) electrons. The highest BCUT2D eigenvalue weighted by Gasteiger charge is 2.21. The Balaban J connectivity index is 1.96. The number of rotatable bonds is 5. The first kappa shape index (κ1) is 17.9. The molecule has 2 aromatic carbocycles. The first-order chi connectivity index (χ1) is 11.5. The predicted molar refractivity (Wildman–Crippen MR) is 98.6 cm³/mol. The molecule has 2 rings (SSSR count). The van der Waals surface area contributed by atoms with Crippen LogP contribution in [0.4, 0.5) is 5.69 Å². The van der Waals surface area contributed by atoms with Gasteiger partial charge in [0.2, 0.25) is 0 Å². The average Bonchev–Trinajstić information content (AvgIpc) is 2.60. The molecule has 0 aliphatic rings. The Labute approximate surface area is 149 Å². The molecule has 124 valence electrons. The molecular formula is C19H18BrNO3. The van der Waals surface area contributed by atoms with Crippen molar-refractivity contribution in [3.8, 4) is 0 Å². The molecule has 0 aliphatic carbocycles. The van der Waals surface area contributed by atoms with Gasteiger partial charge in [-0.15, -0.1) is 0 Å². The second-order valence-electron chi connectivity index (χ2n) is 5.17. The van der Waals surface area contributed by atoms with Crippen LogP contribution in [0, 0.1) is 0 Å². The lowest BCUT2D eigenvalue weighted by Gasteiger charge is -2.21. The first-order valence-electron chi connectivity index (χ1n) is 7.45. The second-order valence-corrected chi connectivity index (χ2v) is 6.02. The molecule has 0 heterocycles. The number of ether oxygens (including phenoxy) is 1. The van der Waals surface area contributed by atoms with Crippen LogP contribution in [0.5, 0.6) is 0 Å². The Kier molecular flexibility index (Phi) is 6.32. The van der Waals surface area contributed by atoms with Crippen molar-refractivity contribution >= 4 is 39.6 Å². The third-order valence-corrected chi connectivity index (χ3v) is 4.14. The van der Waals surface area contributed by atoms with E-state index in [4.69, 9.17) is 4.74 Å². The summed E-state index contributed by atoms with van der Waals surface area (Å²) >= 11 is 3.40. The molecule has 0 spiro atoms. The van der Waals surface area contributed by atoms with Crippen LogP contribution in [0.15, 0.2) is 65.1 Å². The molecule has 2 aromatic rings. The van der Waals surface area contributed by atoms with Gasteiger partial charge in [0, 0.05) is 23.3 Å².